The van der Waals surface area contributed by atoms with Gasteiger partial charge in [-0.2, -0.15) is 0 Å². The largest absolute Gasteiger partial charge is 0.507 e. The Bertz CT molecular complexity index is 988. The van der Waals surface area contributed by atoms with Gasteiger partial charge in [-0.15, -0.1) is 6.58 Å². The fourth-order valence-electron chi connectivity index (χ4n) is 3.05. The Labute approximate surface area is 158 Å². The van der Waals surface area contributed by atoms with E-state index in [2.05, 4.69) is 16.6 Å². The summed E-state index contributed by atoms with van der Waals surface area (Å²) < 4.78 is 4.92. The molecule has 2 N–H and O–H groups in total. The van der Waals surface area contributed by atoms with Crippen LogP contribution in [0.5, 0.6) is 5.75 Å². The van der Waals surface area contributed by atoms with Crippen LogP contribution in [0.4, 0.5) is 0 Å². The molecule has 1 atom stereocenters. The number of rotatable bonds is 7. The Morgan fingerprint density at radius 1 is 1.26 bits per heavy atom. The summed E-state index contributed by atoms with van der Waals surface area (Å²) in [6.07, 6.45) is 6.10. The smallest absolute Gasteiger partial charge is 0.330 e. The number of fused-ring (bicyclic) bond motifs is 1. The summed E-state index contributed by atoms with van der Waals surface area (Å²) in [6.45, 7) is 3.69. The summed E-state index contributed by atoms with van der Waals surface area (Å²) in [6, 6.07) is 12.6. The standard InChI is InChI=1S/C22H22N2O3/c1-3-7-15-8-6-9-16(21(15)25)13-24-20(22(26)27-2)12-17-14-23-19-11-5-4-10-18(17)19/h3-6,8-11,13-14,20,23,25H,1,7,12H2,2H3. The Hall–Kier alpha value is -3.34. The summed E-state index contributed by atoms with van der Waals surface area (Å²) in [5.74, 6) is -0.268. The summed E-state index contributed by atoms with van der Waals surface area (Å²) >= 11 is 0. The molecule has 0 bridgehead atoms. The maximum absolute atomic E-state index is 12.2. The van der Waals surface area contributed by atoms with Gasteiger partial charge in [-0.25, -0.2) is 4.79 Å². The fraction of sp³-hybridized carbons (Fsp3) is 0.182. The molecule has 0 spiro atoms. The van der Waals surface area contributed by atoms with Crippen LogP contribution in [0.2, 0.25) is 0 Å². The highest BCUT2D eigenvalue weighted by molar-refractivity contribution is 5.88. The van der Waals surface area contributed by atoms with Gasteiger partial charge >= 0.3 is 5.97 Å². The molecule has 3 aromatic rings. The van der Waals surface area contributed by atoms with Crippen LogP contribution in [0.3, 0.4) is 0 Å². The Balaban J connectivity index is 1.88. The molecule has 0 saturated carbocycles. The van der Waals surface area contributed by atoms with Crippen molar-refractivity contribution in [2.75, 3.05) is 7.11 Å². The van der Waals surface area contributed by atoms with E-state index >= 15 is 0 Å². The zero-order valence-corrected chi connectivity index (χ0v) is 15.2. The molecule has 0 amide bonds. The number of phenolic OH excluding ortho intramolecular Hbond substituents is 1. The van der Waals surface area contributed by atoms with Crippen LogP contribution in [0.15, 0.2) is 66.3 Å². The lowest BCUT2D eigenvalue weighted by Crippen LogP contribution is -2.23. The number of methoxy groups -OCH3 is 1. The number of phenols is 1. The van der Waals surface area contributed by atoms with Gasteiger partial charge in [0.2, 0.25) is 0 Å². The zero-order valence-electron chi connectivity index (χ0n) is 15.2. The highest BCUT2D eigenvalue weighted by atomic mass is 16.5. The van der Waals surface area contributed by atoms with Crippen molar-refractivity contribution in [1.82, 2.24) is 4.98 Å². The lowest BCUT2D eigenvalue weighted by molar-refractivity contribution is -0.142. The number of benzene rings is 2. The van der Waals surface area contributed by atoms with E-state index in [4.69, 9.17) is 4.74 Å². The van der Waals surface area contributed by atoms with Crippen LogP contribution < -0.4 is 0 Å². The average molecular weight is 362 g/mol. The monoisotopic (exact) mass is 362 g/mol. The van der Waals surface area contributed by atoms with E-state index in [0.717, 1.165) is 22.0 Å². The van der Waals surface area contributed by atoms with Gasteiger partial charge in [0.25, 0.3) is 0 Å². The molecule has 0 aliphatic heterocycles. The second kappa shape index (κ2) is 8.36. The van der Waals surface area contributed by atoms with E-state index in [0.29, 0.717) is 18.4 Å². The van der Waals surface area contributed by atoms with Crippen LogP contribution in [-0.4, -0.2) is 35.4 Å². The van der Waals surface area contributed by atoms with E-state index in [1.807, 2.05) is 42.6 Å². The summed E-state index contributed by atoms with van der Waals surface area (Å²) in [4.78, 5) is 19.8. The first kappa shape index (κ1) is 18.5. The minimum atomic E-state index is -0.698. The van der Waals surface area contributed by atoms with Crippen molar-refractivity contribution in [3.63, 3.8) is 0 Å². The second-order valence-electron chi connectivity index (χ2n) is 6.23. The van der Waals surface area contributed by atoms with Crippen molar-refractivity contribution >= 4 is 23.1 Å². The normalized spacial score (nSPS) is 12.3. The number of hydrogen-bond donors (Lipinski definition) is 2. The van der Waals surface area contributed by atoms with Crippen LogP contribution in [0.1, 0.15) is 16.7 Å². The molecule has 1 unspecified atom stereocenters. The van der Waals surface area contributed by atoms with Gasteiger partial charge in [0, 0.05) is 35.3 Å². The number of esters is 1. The van der Waals surface area contributed by atoms with Gasteiger partial charge in [0.15, 0.2) is 6.04 Å². The Morgan fingerprint density at radius 2 is 2.07 bits per heavy atom. The first-order valence-corrected chi connectivity index (χ1v) is 8.71. The molecule has 3 rings (SSSR count). The molecular weight excluding hydrogens is 340 g/mol. The number of nitrogens with zero attached hydrogens (tertiary/aromatic N) is 1. The van der Waals surface area contributed by atoms with Gasteiger partial charge in [-0.3, -0.25) is 4.99 Å². The van der Waals surface area contributed by atoms with Crippen molar-refractivity contribution in [3.05, 3.63) is 78.0 Å². The molecule has 0 aliphatic rings. The van der Waals surface area contributed by atoms with E-state index in [1.165, 1.54) is 13.3 Å². The summed E-state index contributed by atoms with van der Waals surface area (Å²) in [5.41, 5.74) is 3.32. The number of aromatic amines is 1. The van der Waals surface area contributed by atoms with Crippen LogP contribution >= 0.6 is 0 Å². The number of carbonyl (C=O) groups excluding carboxylic acids is 1. The number of hydrogen-bond acceptors (Lipinski definition) is 4. The number of H-pyrrole nitrogens is 1. The number of aromatic hydroxyl groups is 1. The van der Waals surface area contributed by atoms with Crippen molar-refractivity contribution in [2.24, 2.45) is 4.99 Å². The third-order valence-corrected chi connectivity index (χ3v) is 4.47. The maximum Gasteiger partial charge on any atom is 0.330 e. The summed E-state index contributed by atoms with van der Waals surface area (Å²) in [7, 11) is 1.35. The number of nitrogens with one attached hydrogen (secondary N) is 1. The summed E-state index contributed by atoms with van der Waals surface area (Å²) in [5, 5.41) is 11.4. The second-order valence-corrected chi connectivity index (χ2v) is 6.23. The van der Waals surface area contributed by atoms with Crippen molar-refractivity contribution in [3.8, 4) is 5.75 Å². The molecule has 0 saturated heterocycles. The van der Waals surface area contributed by atoms with Gasteiger partial charge in [-0.05, 0) is 29.7 Å². The quantitative estimate of drug-likeness (QED) is 0.381. The molecule has 138 valence electrons. The highest BCUT2D eigenvalue weighted by Gasteiger charge is 2.20. The van der Waals surface area contributed by atoms with Crippen molar-refractivity contribution in [2.45, 2.75) is 18.9 Å². The first-order valence-electron chi connectivity index (χ1n) is 8.71. The number of carbonyl (C=O) groups is 1. The first-order chi connectivity index (χ1) is 13.1. The Morgan fingerprint density at radius 3 is 2.85 bits per heavy atom. The minimum absolute atomic E-state index is 0.150. The van der Waals surface area contributed by atoms with Gasteiger partial charge < -0.3 is 14.8 Å². The predicted molar refractivity (Wildman–Crippen MR) is 107 cm³/mol. The number of aliphatic imine (C=N–C) groups is 1. The molecule has 2 aromatic carbocycles. The molecule has 5 nitrogen and oxygen atoms in total. The number of para-hydroxylation sites is 2. The van der Waals surface area contributed by atoms with E-state index < -0.39 is 12.0 Å². The number of ether oxygens (including phenoxy) is 1. The number of allylic oxidation sites excluding steroid dienone is 1. The van der Waals surface area contributed by atoms with Gasteiger partial charge in [-0.1, -0.05) is 36.4 Å². The molecular formula is C22H22N2O3. The SMILES string of the molecule is C=CCc1cccc(C=NC(Cc2c[nH]c3ccccc23)C(=O)OC)c1O. The van der Waals surface area contributed by atoms with Crippen LogP contribution in [0.25, 0.3) is 10.9 Å². The highest BCUT2D eigenvalue weighted by Crippen LogP contribution is 2.23. The van der Waals surface area contributed by atoms with Crippen molar-refractivity contribution < 1.29 is 14.6 Å². The molecule has 0 fully saturated rings. The van der Waals surface area contributed by atoms with E-state index in [1.54, 1.807) is 12.1 Å². The molecule has 5 heteroatoms. The van der Waals surface area contributed by atoms with Gasteiger partial charge in [0.1, 0.15) is 5.75 Å². The average Bonchev–Trinajstić information content (AvgIpc) is 3.10. The lowest BCUT2D eigenvalue weighted by Gasteiger charge is -2.10. The maximum atomic E-state index is 12.2. The molecule has 0 aliphatic carbocycles. The molecule has 27 heavy (non-hydrogen) atoms. The van der Waals surface area contributed by atoms with E-state index in [9.17, 15) is 9.90 Å². The zero-order chi connectivity index (χ0) is 19.2. The molecule has 0 radical (unpaired) electrons. The van der Waals surface area contributed by atoms with Gasteiger partial charge in [0.05, 0.1) is 7.11 Å². The van der Waals surface area contributed by atoms with Crippen LogP contribution in [-0.2, 0) is 22.4 Å². The predicted octanol–water partition coefficient (Wildman–Crippen LogP) is 3.81. The Kier molecular flexibility index (Phi) is 5.71. The minimum Gasteiger partial charge on any atom is -0.507 e. The fourth-order valence-corrected chi connectivity index (χ4v) is 3.05. The molecule has 1 heterocycles. The molecule has 1 aromatic heterocycles. The number of aromatic nitrogens is 1. The van der Waals surface area contributed by atoms with Crippen LogP contribution in [0, 0.1) is 0 Å². The third-order valence-electron chi connectivity index (χ3n) is 4.47. The van der Waals surface area contributed by atoms with Crippen molar-refractivity contribution in [1.29, 1.82) is 0 Å². The van der Waals surface area contributed by atoms with E-state index in [-0.39, 0.29) is 5.75 Å². The third kappa shape index (κ3) is 4.08. The lowest BCUT2D eigenvalue weighted by atomic mass is 10.0. The topological polar surface area (TPSA) is 74.7 Å².